The number of thiophene rings is 1. The molecule has 3 aromatic rings. The van der Waals surface area contributed by atoms with Crippen molar-refractivity contribution in [3.05, 3.63) is 86.8 Å². The molecule has 0 radical (unpaired) electrons. The maximum absolute atomic E-state index is 13.6. The molecule has 4 rings (SSSR count). The number of benzene rings is 2. The maximum Gasteiger partial charge on any atom is 0.254 e. The minimum atomic E-state index is -0.338. The van der Waals surface area contributed by atoms with E-state index >= 15 is 0 Å². The average Bonchev–Trinajstić information content (AvgIpc) is 3.36. The van der Waals surface area contributed by atoms with Crippen molar-refractivity contribution in [2.75, 3.05) is 40.0 Å². The van der Waals surface area contributed by atoms with E-state index in [1.807, 2.05) is 11.4 Å². The number of ether oxygens (including phenoxy) is 2. The van der Waals surface area contributed by atoms with E-state index in [9.17, 15) is 14.0 Å². The van der Waals surface area contributed by atoms with Gasteiger partial charge in [-0.3, -0.25) is 9.59 Å². The Bertz CT molecular complexity index is 1190. The van der Waals surface area contributed by atoms with Crippen LogP contribution in [0.3, 0.4) is 0 Å². The van der Waals surface area contributed by atoms with Crippen molar-refractivity contribution in [1.82, 2.24) is 9.80 Å². The number of fused-ring (bicyclic) bond motifs is 1. The van der Waals surface area contributed by atoms with Gasteiger partial charge in [-0.25, -0.2) is 4.39 Å². The van der Waals surface area contributed by atoms with Gasteiger partial charge >= 0.3 is 0 Å². The Balaban J connectivity index is 1.52. The summed E-state index contributed by atoms with van der Waals surface area (Å²) in [5.41, 5.74) is 1.48. The highest BCUT2D eigenvalue weighted by Gasteiger charge is 2.33. The van der Waals surface area contributed by atoms with Crippen molar-refractivity contribution in [3.63, 3.8) is 0 Å². The highest BCUT2D eigenvalue weighted by molar-refractivity contribution is 7.10. The van der Waals surface area contributed by atoms with E-state index in [-0.39, 0.29) is 36.8 Å². The summed E-state index contributed by atoms with van der Waals surface area (Å²) in [6.07, 6.45) is 1.35. The van der Waals surface area contributed by atoms with Crippen LogP contribution in [0, 0.1) is 5.82 Å². The third kappa shape index (κ3) is 6.43. The van der Waals surface area contributed by atoms with Gasteiger partial charge in [-0.2, -0.15) is 0 Å². The van der Waals surface area contributed by atoms with Gasteiger partial charge in [-0.1, -0.05) is 17.7 Å². The number of methoxy groups -OCH3 is 1. The van der Waals surface area contributed by atoms with Gasteiger partial charge in [0.15, 0.2) is 0 Å². The lowest BCUT2D eigenvalue weighted by Gasteiger charge is -2.37. The van der Waals surface area contributed by atoms with Crippen molar-refractivity contribution >= 4 is 34.8 Å². The van der Waals surface area contributed by atoms with Crippen LogP contribution in [-0.2, 0) is 16.0 Å². The molecule has 0 saturated carbocycles. The molecular formula is C27H28ClFN2O4S. The van der Waals surface area contributed by atoms with Crippen LogP contribution in [-0.4, -0.2) is 61.6 Å². The van der Waals surface area contributed by atoms with E-state index in [0.717, 1.165) is 12.0 Å². The lowest BCUT2D eigenvalue weighted by atomic mass is 10.0. The van der Waals surface area contributed by atoms with Gasteiger partial charge in [-0.05, 0) is 72.3 Å². The Labute approximate surface area is 219 Å². The molecule has 0 N–H and O–H groups in total. The number of hydrogen-bond donors (Lipinski definition) is 0. The van der Waals surface area contributed by atoms with E-state index in [1.54, 1.807) is 64.6 Å². The highest BCUT2D eigenvalue weighted by Crippen LogP contribution is 2.34. The third-order valence-electron chi connectivity index (χ3n) is 6.10. The first-order valence-corrected chi connectivity index (χ1v) is 13.0. The van der Waals surface area contributed by atoms with Crippen molar-refractivity contribution in [2.45, 2.75) is 18.9 Å². The molecule has 0 fully saturated rings. The Morgan fingerprint density at radius 3 is 2.75 bits per heavy atom. The molecular weight excluding hydrogens is 503 g/mol. The fourth-order valence-corrected chi connectivity index (χ4v) is 5.41. The number of amides is 2. The zero-order valence-corrected chi connectivity index (χ0v) is 21.6. The Morgan fingerprint density at radius 2 is 2.00 bits per heavy atom. The molecule has 9 heteroatoms. The van der Waals surface area contributed by atoms with Gasteiger partial charge < -0.3 is 19.3 Å². The molecule has 190 valence electrons. The fraction of sp³-hybridized carbons (Fsp3) is 0.333. The molecule has 0 saturated heterocycles. The van der Waals surface area contributed by atoms with Crippen LogP contribution in [0.25, 0.3) is 0 Å². The predicted octanol–water partition coefficient (Wildman–Crippen LogP) is 5.22. The van der Waals surface area contributed by atoms with Crippen LogP contribution in [0.1, 0.15) is 33.3 Å². The fourth-order valence-electron chi connectivity index (χ4n) is 4.29. The molecule has 1 aromatic heterocycles. The minimum absolute atomic E-state index is 0.0679. The number of hydrogen-bond acceptors (Lipinski definition) is 5. The second-order valence-electron chi connectivity index (χ2n) is 8.50. The number of carbonyl (C=O) groups is 2. The van der Waals surface area contributed by atoms with Crippen LogP contribution < -0.4 is 4.74 Å². The van der Waals surface area contributed by atoms with E-state index in [1.165, 1.54) is 17.0 Å². The van der Waals surface area contributed by atoms with Gasteiger partial charge in [0.25, 0.3) is 5.91 Å². The highest BCUT2D eigenvalue weighted by atomic mass is 35.5. The topological polar surface area (TPSA) is 59.1 Å². The summed E-state index contributed by atoms with van der Waals surface area (Å²) in [7, 11) is 1.60. The molecule has 2 heterocycles. The molecule has 0 aliphatic carbocycles. The van der Waals surface area contributed by atoms with Gasteiger partial charge in [0, 0.05) is 42.3 Å². The monoisotopic (exact) mass is 530 g/mol. The van der Waals surface area contributed by atoms with Crippen LogP contribution in [0.15, 0.2) is 60.0 Å². The second-order valence-corrected chi connectivity index (χ2v) is 9.94. The normalized spacial score (nSPS) is 14.9. The smallest absolute Gasteiger partial charge is 0.254 e. The van der Waals surface area contributed by atoms with Crippen LogP contribution >= 0.6 is 22.9 Å². The first-order valence-electron chi connectivity index (χ1n) is 11.7. The summed E-state index contributed by atoms with van der Waals surface area (Å²) in [4.78, 5) is 31.5. The molecule has 1 unspecified atom stereocenters. The number of rotatable bonds is 10. The first-order chi connectivity index (χ1) is 17.5. The van der Waals surface area contributed by atoms with E-state index in [2.05, 4.69) is 0 Å². The maximum atomic E-state index is 13.6. The van der Waals surface area contributed by atoms with Crippen LogP contribution in [0.5, 0.6) is 5.75 Å². The molecule has 2 amide bonds. The summed E-state index contributed by atoms with van der Waals surface area (Å²) in [6, 6.07) is 14.3. The Hall–Kier alpha value is -2.94. The molecule has 1 atom stereocenters. The van der Waals surface area contributed by atoms with E-state index in [0.29, 0.717) is 42.5 Å². The predicted molar refractivity (Wildman–Crippen MR) is 138 cm³/mol. The van der Waals surface area contributed by atoms with Gasteiger partial charge in [-0.15, -0.1) is 11.3 Å². The largest absolute Gasteiger partial charge is 0.491 e. The molecule has 36 heavy (non-hydrogen) atoms. The zero-order chi connectivity index (χ0) is 25.5. The van der Waals surface area contributed by atoms with Gasteiger partial charge in [0.2, 0.25) is 5.91 Å². The summed E-state index contributed by atoms with van der Waals surface area (Å²) in [5, 5.41) is 2.48. The molecule has 0 spiro atoms. The number of carbonyl (C=O) groups excluding carboxylic acids is 2. The zero-order valence-electron chi connectivity index (χ0n) is 20.0. The third-order valence-corrected chi connectivity index (χ3v) is 7.33. The van der Waals surface area contributed by atoms with Crippen LogP contribution in [0.2, 0.25) is 5.02 Å². The summed E-state index contributed by atoms with van der Waals surface area (Å²) >= 11 is 7.76. The average molecular weight is 531 g/mol. The quantitative estimate of drug-likeness (QED) is 0.337. The lowest BCUT2D eigenvalue weighted by molar-refractivity contribution is -0.135. The van der Waals surface area contributed by atoms with Crippen molar-refractivity contribution < 1.29 is 23.5 Å². The molecule has 0 bridgehead atoms. The second kappa shape index (κ2) is 12.3. The van der Waals surface area contributed by atoms with Crippen molar-refractivity contribution in [3.8, 4) is 5.75 Å². The summed E-state index contributed by atoms with van der Waals surface area (Å²) in [6.45, 7) is 1.54. The molecule has 1 aliphatic rings. The Morgan fingerprint density at radius 1 is 1.19 bits per heavy atom. The number of nitrogens with zero attached hydrogens (tertiary/aromatic N) is 2. The standard InChI is InChI=1S/C27H28ClFN2O4S/c1-34-14-3-12-30(27(33)19-4-2-5-20(28)16-19)17-26(32)31-13-10-25-23(11-15-36-25)24(31)18-35-22-8-6-21(29)7-9-22/h2,4-9,11,15-16,24H,3,10,12-14,17-18H2,1H3. The Kier molecular flexibility index (Phi) is 8.96. The van der Waals surface area contributed by atoms with Crippen molar-refractivity contribution in [1.29, 1.82) is 0 Å². The van der Waals surface area contributed by atoms with Crippen LogP contribution in [0.4, 0.5) is 4.39 Å². The number of halogens is 2. The van der Waals surface area contributed by atoms with Gasteiger partial charge in [0.1, 0.15) is 24.7 Å². The lowest BCUT2D eigenvalue weighted by Crippen LogP contribution is -2.48. The minimum Gasteiger partial charge on any atom is -0.491 e. The molecule has 1 aliphatic heterocycles. The van der Waals surface area contributed by atoms with Crippen molar-refractivity contribution in [2.24, 2.45) is 0 Å². The SMILES string of the molecule is COCCCN(CC(=O)N1CCc2sccc2C1COc1ccc(F)cc1)C(=O)c1cccc(Cl)c1. The first kappa shape index (κ1) is 26.1. The molecule has 6 nitrogen and oxygen atoms in total. The summed E-state index contributed by atoms with van der Waals surface area (Å²) < 4.78 is 24.4. The summed E-state index contributed by atoms with van der Waals surface area (Å²) in [5.74, 6) is -0.222. The van der Waals surface area contributed by atoms with E-state index < -0.39 is 0 Å². The molecule has 2 aromatic carbocycles. The van der Waals surface area contributed by atoms with Gasteiger partial charge in [0.05, 0.1) is 6.04 Å². The van der Waals surface area contributed by atoms with E-state index in [4.69, 9.17) is 21.1 Å².